The number of benzene rings is 3. The first-order chi connectivity index (χ1) is 18.7. The lowest BCUT2D eigenvalue weighted by molar-refractivity contribution is -0.148. The SMILES string of the molecule is COC(=O)C(Nc1ccc(C(=N)N)cc1)c1cc(Cl)cc(C=Cc2ccccc2)c1OCCOC(=O)C(C)C. The van der Waals surface area contributed by atoms with Crippen LogP contribution in [-0.2, 0) is 19.1 Å². The summed E-state index contributed by atoms with van der Waals surface area (Å²) in [5, 5.41) is 11.2. The predicted octanol–water partition coefficient (Wildman–Crippen LogP) is 5.70. The molecule has 0 aliphatic carbocycles. The summed E-state index contributed by atoms with van der Waals surface area (Å²) in [6.45, 7) is 3.59. The van der Waals surface area contributed by atoms with E-state index in [9.17, 15) is 9.59 Å². The second kappa shape index (κ2) is 14.0. The van der Waals surface area contributed by atoms with Crippen molar-refractivity contribution in [3.05, 3.63) is 94.0 Å². The molecule has 9 heteroatoms. The van der Waals surface area contributed by atoms with Gasteiger partial charge < -0.3 is 25.3 Å². The summed E-state index contributed by atoms with van der Waals surface area (Å²) in [6.07, 6.45) is 3.75. The van der Waals surface area contributed by atoms with Crippen molar-refractivity contribution in [2.45, 2.75) is 19.9 Å². The normalized spacial score (nSPS) is 11.7. The summed E-state index contributed by atoms with van der Waals surface area (Å²) in [6, 6.07) is 18.8. The standard InChI is InChI=1S/C30H32ClN3O5/c1-19(2)29(35)39-16-15-38-27-22(10-9-20-7-5-4-6-8-20)17-23(31)18-25(27)26(30(36)37-3)34-24-13-11-21(12-14-24)28(32)33/h4-14,17-19,26,34H,15-16H2,1-3H3,(H3,32,33). The highest BCUT2D eigenvalue weighted by Gasteiger charge is 2.27. The molecule has 0 heterocycles. The Hall–Kier alpha value is -4.30. The van der Waals surface area contributed by atoms with Crippen molar-refractivity contribution < 1.29 is 23.8 Å². The van der Waals surface area contributed by atoms with Gasteiger partial charge in [-0.3, -0.25) is 10.2 Å². The average molecular weight is 550 g/mol. The van der Waals surface area contributed by atoms with Crippen molar-refractivity contribution in [1.29, 1.82) is 5.41 Å². The number of esters is 2. The number of ether oxygens (including phenoxy) is 3. The number of carbonyl (C=O) groups is 2. The number of halogens is 1. The minimum atomic E-state index is -0.992. The maximum atomic E-state index is 13.0. The maximum Gasteiger partial charge on any atom is 0.333 e. The summed E-state index contributed by atoms with van der Waals surface area (Å²) in [5.74, 6) is -0.841. The van der Waals surface area contributed by atoms with Crippen molar-refractivity contribution in [2.75, 3.05) is 25.6 Å². The van der Waals surface area contributed by atoms with Crippen LogP contribution in [0.4, 0.5) is 5.69 Å². The maximum absolute atomic E-state index is 13.0. The highest BCUT2D eigenvalue weighted by molar-refractivity contribution is 6.31. The van der Waals surface area contributed by atoms with Gasteiger partial charge in [0, 0.05) is 27.4 Å². The Kier molecular flexibility index (Phi) is 10.5. The third-order valence-corrected chi connectivity index (χ3v) is 5.88. The Labute approximate surface area is 233 Å². The smallest absolute Gasteiger partial charge is 0.333 e. The van der Waals surface area contributed by atoms with Crippen LogP contribution in [0.1, 0.15) is 42.1 Å². The minimum absolute atomic E-state index is 0.0315. The van der Waals surface area contributed by atoms with Gasteiger partial charge in [-0.2, -0.15) is 0 Å². The monoisotopic (exact) mass is 549 g/mol. The van der Waals surface area contributed by atoms with E-state index in [0.29, 0.717) is 33.1 Å². The van der Waals surface area contributed by atoms with Crippen LogP contribution in [0.2, 0.25) is 5.02 Å². The fourth-order valence-electron chi connectivity index (χ4n) is 3.64. The number of rotatable bonds is 12. The van der Waals surface area contributed by atoms with Crippen LogP contribution in [-0.4, -0.2) is 38.1 Å². The first kappa shape index (κ1) is 29.3. The molecule has 8 nitrogen and oxygen atoms in total. The lowest BCUT2D eigenvalue weighted by Crippen LogP contribution is -2.24. The number of nitrogen functional groups attached to an aromatic ring is 1. The third kappa shape index (κ3) is 8.35. The number of nitrogens with one attached hydrogen (secondary N) is 2. The van der Waals surface area contributed by atoms with Crippen LogP contribution in [0.15, 0.2) is 66.7 Å². The van der Waals surface area contributed by atoms with E-state index in [-0.39, 0.29) is 30.9 Å². The van der Waals surface area contributed by atoms with Crippen molar-refractivity contribution in [1.82, 2.24) is 0 Å². The number of nitrogens with two attached hydrogens (primary N) is 1. The molecular formula is C30H32ClN3O5. The van der Waals surface area contributed by atoms with Crippen LogP contribution in [0.3, 0.4) is 0 Å². The van der Waals surface area contributed by atoms with Gasteiger partial charge in [-0.1, -0.05) is 67.9 Å². The molecule has 1 unspecified atom stereocenters. The van der Waals surface area contributed by atoms with E-state index in [0.717, 1.165) is 5.56 Å². The van der Waals surface area contributed by atoms with Crippen molar-refractivity contribution in [2.24, 2.45) is 11.7 Å². The summed E-state index contributed by atoms with van der Waals surface area (Å²) in [7, 11) is 1.29. The molecule has 3 aromatic rings. The van der Waals surface area contributed by atoms with E-state index in [1.807, 2.05) is 42.5 Å². The molecule has 0 radical (unpaired) electrons. The van der Waals surface area contributed by atoms with Crippen LogP contribution in [0.25, 0.3) is 12.2 Å². The first-order valence-corrected chi connectivity index (χ1v) is 12.7. The van der Waals surface area contributed by atoms with E-state index >= 15 is 0 Å². The molecule has 204 valence electrons. The first-order valence-electron chi connectivity index (χ1n) is 12.3. The zero-order chi connectivity index (χ0) is 28.4. The number of methoxy groups -OCH3 is 1. The molecule has 0 aliphatic heterocycles. The van der Waals surface area contributed by atoms with Crippen molar-refractivity contribution in [3.8, 4) is 5.75 Å². The second-order valence-electron chi connectivity index (χ2n) is 8.92. The molecule has 0 aromatic heterocycles. The van der Waals surface area contributed by atoms with Gasteiger partial charge in [-0.15, -0.1) is 0 Å². The third-order valence-electron chi connectivity index (χ3n) is 5.67. The Balaban J connectivity index is 2.02. The number of anilines is 1. The summed E-state index contributed by atoms with van der Waals surface area (Å²) >= 11 is 6.52. The molecular weight excluding hydrogens is 518 g/mol. The predicted molar refractivity (Wildman–Crippen MR) is 154 cm³/mol. The lowest BCUT2D eigenvalue weighted by Gasteiger charge is -2.23. The Morgan fingerprint density at radius 2 is 1.69 bits per heavy atom. The second-order valence-corrected chi connectivity index (χ2v) is 9.36. The molecule has 4 N–H and O–H groups in total. The highest BCUT2D eigenvalue weighted by Crippen LogP contribution is 2.36. The summed E-state index contributed by atoms with van der Waals surface area (Å²) < 4.78 is 16.5. The van der Waals surface area contributed by atoms with E-state index in [4.69, 9.17) is 37.0 Å². The molecule has 0 saturated heterocycles. The largest absolute Gasteiger partial charge is 0.489 e. The molecule has 0 spiro atoms. The number of amidine groups is 1. The zero-order valence-corrected chi connectivity index (χ0v) is 22.8. The molecule has 0 bridgehead atoms. The Morgan fingerprint density at radius 1 is 1.00 bits per heavy atom. The number of carbonyl (C=O) groups excluding carboxylic acids is 2. The molecule has 0 fully saturated rings. The molecule has 0 saturated carbocycles. The molecule has 1 atom stereocenters. The van der Waals surface area contributed by atoms with Crippen molar-refractivity contribution in [3.63, 3.8) is 0 Å². The van der Waals surface area contributed by atoms with Gasteiger partial charge in [0.2, 0.25) is 0 Å². The fourth-order valence-corrected chi connectivity index (χ4v) is 3.87. The quantitative estimate of drug-likeness (QED) is 0.0870. The molecule has 0 aliphatic rings. The van der Waals surface area contributed by atoms with Crippen LogP contribution in [0.5, 0.6) is 5.75 Å². The lowest BCUT2D eigenvalue weighted by atomic mass is 10.00. The number of hydrogen-bond acceptors (Lipinski definition) is 7. The Morgan fingerprint density at radius 3 is 2.31 bits per heavy atom. The topological polar surface area (TPSA) is 124 Å². The molecule has 39 heavy (non-hydrogen) atoms. The fraction of sp³-hybridized carbons (Fsp3) is 0.233. The van der Waals surface area contributed by atoms with Gasteiger partial charge in [0.15, 0.2) is 6.04 Å². The average Bonchev–Trinajstić information content (AvgIpc) is 2.93. The molecule has 3 rings (SSSR count). The van der Waals surface area contributed by atoms with E-state index in [1.54, 1.807) is 50.2 Å². The van der Waals surface area contributed by atoms with E-state index in [1.165, 1.54) is 7.11 Å². The van der Waals surface area contributed by atoms with Gasteiger partial charge in [0.05, 0.1) is 13.0 Å². The van der Waals surface area contributed by atoms with Gasteiger partial charge >= 0.3 is 11.9 Å². The minimum Gasteiger partial charge on any atom is -0.489 e. The van der Waals surface area contributed by atoms with Gasteiger partial charge in [0.25, 0.3) is 0 Å². The van der Waals surface area contributed by atoms with E-state index < -0.39 is 12.0 Å². The molecule has 3 aromatic carbocycles. The van der Waals surface area contributed by atoms with Crippen LogP contribution in [0, 0.1) is 11.3 Å². The molecule has 0 amide bonds. The summed E-state index contributed by atoms with van der Waals surface area (Å²) in [4.78, 5) is 24.9. The van der Waals surface area contributed by atoms with Gasteiger partial charge in [0.1, 0.15) is 24.8 Å². The highest BCUT2D eigenvalue weighted by atomic mass is 35.5. The number of hydrogen-bond donors (Lipinski definition) is 3. The summed E-state index contributed by atoms with van der Waals surface area (Å²) in [5.41, 5.74) is 8.73. The zero-order valence-electron chi connectivity index (χ0n) is 22.1. The van der Waals surface area contributed by atoms with Crippen LogP contribution >= 0.6 is 11.6 Å². The van der Waals surface area contributed by atoms with Crippen LogP contribution < -0.4 is 15.8 Å². The van der Waals surface area contributed by atoms with Gasteiger partial charge in [-0.05, 0) is 42.0 Å². The van der Waals surface area contributed by atoms with Crippen molar-refractivity contribution >= 4 is 47.2 Å². The Bertz CT molecular complexity index is 1320. The van der Waals surface area contributed by atoms with E-state index in [2.05, 4.69) is 5.32 Å². The van der Waals surface area contributed by atoms with Gasteiger partial charge in [-0.25, -0.2) is 4.79 Å².